The molecule has 0 spiro atoms. The predicted octanol–water partition coefficient (Wildman–Crippen LogP) is 3.45. The van der Waals surface area contributed by atoms with Gasteiger partial charge in [0.15, 0.2) is 11.0 Å². The molecule has 0 saturated carbocycles. The van der Waals surface area contributed by atoms with E-state index in [1.54, 1.807) is 24.3 Å². The van der Waals surface area contributed by atoms with E-state index in [4.69, 9.17) is 17.3 Å². The van der Waals surface area contributed by atoms with Crippen molar-refractivity contribution in [2.45, 2.75) is 5.16 Å². The molecule has 128 valence electrons. The lowest BCUT2D eigenvalue weighted by atomic mass is 10.2. The Morgan fingerprint density at radius 3 is 2.64 bits per heavy atom. The third kappa shape index (κ3) is 4.12. The van der Waals surface area contributed by atoms with Gasteiger partial charge in [-0.2, -0.15) is 0 Å². The van der Waals surface area contributed by atoms with Crippen molar-refractivity contribution in [2.75, 3.05) is 16.8 Å². The van der Waals surface area contributed by atoms with Crippen LogP contribution in [0.5, 0.6) is 0 Å². The number of amides is 1. The Labute approximate surface area is 154 Å². The summed E-state index contributed by atoms with van der Waals surface area (Å²) in [7, 11) is 1.85. The van der Waals surface area contributed by atoms with Crippen molar-refractivity contribution in [3.8, 4) is 11.4 Å². The van der Waals surface area contributed by atoms with Crippen LogP contribution in [0.15, 0.2) is 53.7 Å². The molecule has 0 saturated heterocycles. The molecule has 1 aromatic heterocycles. The lowest BCUT2D eigenvalue weighted by molar-refractivity contribution is -0.113. The van der Waals surface area contributed by atoms with Crippen LogP contribution in [0.3, 0.4) is 0 Å². The van der Waals surface area contributed by atoms with Gasteiger partial charge in [0.1, 0.15) is 0 Å². The Kier molecular flexibility index (Phi) is 5.25. The maximum absolute atomic E-state index is 12.1. The van der Waals surface area contributed by atoms with E-state index in [9.17, 15) is 4.79 Å². The molecule has 25 heavy (non-hydrogen) atoms. The Balaban J connectivity index is 1.65. The molecule has 0 fully saturated rings. The van der Waals surface area contributed by atoms with Crippen LogP contribution in [0.25, 0.3) is 11.4 Å². The Morgan fingerprint density at radius 1 is 1.20 bits per heavy atom. The molecule has 8 heteroatoms. The number of carbonyl (C=O) groups excluding carboxylic acids is 1. The van der Waals surface area contributed by atoms with Crippen molar-refractivity contribution in [1.82, 2.24) is 14.8 Å². The molecule has 0 aliphatic rings. The van der Waals surface area contributed by atoms with Crippen LogP contribution in [0.1, 0.15) is 0 Å². The standard InChI is InChI=1S/C17H16ClN5OS/c1-23-16(13-4-2-3-5-14(13)19)21-22-17(23)25-10-15(24)20-12-8-6-11(18)7-9-12/h2-9H,10,19H2,1H3,(H,20,24). The van der Waals surface area contributed by atoms with Crippen molar-refractivity contribution in [3.05, 3.63) is 53.6 Å². The van der Waals surface area contributed by atoms with Gasteiger partial charge < -0.3 is 15.6 Å². The lowest BCUT2D eigenvalue weighted by Gasteiger charge is -2.07. The highest BCUT2D eigenvalue weighted by Gasteiger charge is 2.14. The third-order valence-electron chi connectivity index (χ3n) is 3.50. The average molecular weight is 374 g/mol. The highest BCUT2D eigenvalue weighted by molar-refractivity contribution is 7.99. The van der Waals surface area contributed by atoms with E-state index >= 15 is 0 Å². The molecular formula is C17H16ClN5OS. The molecule has 0 radical (unpaired) electrons. The predicted molar refractivity (Wildman–Crippen MR) is 102 cm³/mol. The van der Waals surface area contributed by atoms with Crippen molar-refractivity contribution >= 4 is 40.6 Å². The fourth-order valence-electron chi connectivity index (χ4n) is 2.24. The third-order valence-corrected chi connectivity index (χ3v) is 4.77. The number of benzene rings is 2. The summed E-state index contributed by atoms with van der Waals surface area (Å²) in [4.78, 5) is 12.1. The van der Waals surface area contributed by atoms with Crippen molar-refractivity contribution in [2.24, 2.45) is 7.05 Å². The van der Waals surface area contributed by atoms with E-state index in [0.29, 0.717) is 27.4 Å². The maximum atomic E-state index is 12.1. The fraction of sp³-hybridized carbons (Fsp3) is 0.118. The molecule has 0 aliphatic heterocycles. The molecule has 6 nitrogen and oxygen atoms in total. The van der Waals surface area contributed by atoms with E-state index in [0.717, 1.165) is 5.56 Å². The average Bonchev–Trinajstić information content (AvgIpc) is 2.96. The largest absolute Gasteiger partial charge is 0.398 e. The molecule has 0 atom stereocenters. The summed E-state index contributed by atoms with van der Waals surface area (Å²) >= 11 is 7.14. The molecule has 3 rings (SSSR count). The molecule has 0 aliphatic carbocycles. The van der Waals surface area contributed by atoms with Gasteiger partial charge in [-0.05, 0) is 36.4 Å². The lowest BCUT2D eigenvalue weighted by Crippen LogP contribution is -2.14. The number of anilines is 2. The minimum atomic E-state index is -0.129. The van der Waals surface area contributed by atoms with Gasteiger partial charge in [0.05, 0.1) is 5.75 Å². The number of hydrogen-bond donors (Lipinski definition) is 2. The first-order valence-electron chi connectivity index (χ1n) is 7.47. The van der Waals surface area contributed by atoms with E-state index < -0.39 is 0 Å². The van der Waals surface area contributed by atoms with E-state index in [1.807, 2.05) is 35.9 Å². The van der Waals surface area contributed by atoms with E-state index in [1.165, 1.54) is 11.8 Å². The number of rotatable bonds is 5. The number of nitrogens with one attached hydrogen (secondary N) is 1. The summed E-state index contributed by atoms with van der Waals surface area (Å²) in [6, 6.07) is 14.4. The van der Waals surface area contributed by atoms with E-state index in [-0.39, 0.29) is 11.7 Å². The zero-order chi connectivity index (χ0) is 17.8. The minimum absolute atomic E-state index is 0.129. The van der Waals surface area contributed by atoms with Gasteiger partial charge >= 0.3 is 0 Å². The Bertz CT molecular complexity index is 894. The quantitative estimate of drug-likeness (QED) is 0.528. The minimum Gasteiger partial charge on any atom is -0.398 e. The molecule has 2 aromatic carbocycles. The number of nitrogens with two attached hydrogens (primary N) is 1. The van der Waals surface area contributed by atoms with Crippen LogP contribution in [0, 0.1) is 0 Å². The summed E-state index contributed by atoms with van der Waals surface area (Å²) in [5, 5.41) is 12.4. The second-order valence-electron chi connectivity index (χ2n) is 5.30. The smallest absolute Gasteiger partial charge is 0.234 e. The molecule has 3 N–H and O–H groups in total. The monoisotopic (exact) mass is 373 g/mol. The van der Waals surface area contributed by atoms with Gasteiger partial charge in [-0.25, -0.2) is 0 Å². The summed E-state index contributed by atoms with van der Waals surface area (Å²) in [5.41, 5.74) is 8.14. The topological polar surface area (TPSA) is 85.8 Å². The summed E-state index contributed by atoms with van der Waals surface area (Å²) in [6.45, 7) is 0. The molecule has 0 unspecified atom stereocenters. The fourth-order valence-corrected chi connectivity index (χ4v) is 3.07. The van der Waals surface area contributed by atoms with Crippen molar-refractivity contribution in [3.63, 3.8) is 0 Å². The van der Waals surface area contributed by atoms with Crippen molar-refractivity contribution in [1.29, 1.82) is 0 Å². The SMILES string of the molecule is Cn1c(SCC(=O)Nc2ccc(Cl)cc2)nnc1-c1ccccc1N. The highest BCUT2D eigenvalue weighted by Crippen LogP contribution is 2.26. The van der Waals surface area contributed by atoms with Crippen LogP contribution in [0.4, 0.5) is 11.4 Å². The van der Waals surface area contributed by atoms with Gasteiger partial charge in [0, 0.05) is 29.0 Å². The molecule has 0 bridgehead atoms. The normalized spacial score (nSPS) is 10.6. The number of halogens is 1. The zero-order valence-corrected chi connectivity index (χ0v) is 15.0. The Morgan fingerprint density at radius 2 is 1.92 bits per heavy atom. The summed E-state index contributed by atoms with van der Waals surface area (Å²) < 4.78 is 1.83. The number of aromatic nitrogens is 3. The number of carbonyl (C=O) groups is 1. The molecular weight excluding hydrogens is 358 g/mol. The second kappa shape index (κ2) is 7.58. The first-order valence-corrected chi connectivity index (χ1v) is 8.83. The number of thioether (sulfide) groups is 1. The van der Waals surface area contributed by atoms with Crippen molar-refractivity contribution < 1.29 is 4.79 Å². The van der Waals surface area contributed by atoms with Crippen LogP contribution in [-0.4, -0.2) is 26.4 Å². The summed E-state index contributed by atoms with van der Waals surface area (Å²) in [5.74, 6) is 0.758. The zero-order valence-electron chi connectivity index (χ0n) is 13.4. The number of para-hydroxylation sites is 1. The highest BCUT2D eigenvalue weighted by atomic mass is 35.5. The van der Waals surface area contributed by atoms with Crippen LogP contribution >= 0.6 is 23.4 Å². The summed E-state index contributed by atoms with van der Waals surface area (Å²) in [6.07, 6.45) is 0. The number of nitrogen functional groups attached to an aromatic ring is 1. The molecule has 1 heterocycles. The molecule has 3 aromatic rings. The molecule has 1 amide bonds. The van der Waals surface area contributed by atoms with Crippen LogP contribution in [-0.2, 0) is 11.8 Å². The maximum Gasteiger partial charge on any atom is 0.234 e. The first kappa shape index (κ1) is 17.3. The van der Waals surface area contributed by atoms with Gasteiger partial charge in [-0.3, -0.25) is 4.79 Å². The van der Waals surface area contributed by atoms with E-state index in [2.05, 4.69) is 15.5 Å². The van der Waals surface area contributed by atoms with Gasteiger partial charge in [0.2, 0.25) is 5.91 Å². The first-order chi connectivity index (χ1) is 12.0. The van der Waals surface area contributed by atoms with Gasteiger partial charge in [-0.1, -0.05) is 35.5 Å². The number of nitrogens with zero attached hydrogens (tertiary/aromatic N) is 3. The van der Waals surface area contributed by atoms with Crippen LogP contribution < -0.4 is 11.1 Å². The second-order valence-corrected chi connectivity index (χ2v) is 6.68. The van der Waals surface area contributed by atoms with Gasteiger partial charge in [0.25, 0.3) is 0 Å². The van der Waals surface area contributed by atoms with Gasteiger partial charge in [-0.15, -0.1) is 10.2 Å². The number of hydrogen-bond acceptors (Lipinski definition) is 5. The Hall–Kier alpha value is -2.51. The van der Waals surface area contributed by atoms with Crippen LogP contribution in [0.2, 0.25) is 5.02 Å².